The second kappa shape index (κ2) is 5.29. The molecule has 1 aromatic rings. The van der Waals surface area contributed by atoms with Crippen molar-refractivity contribution >= 4 is 0 Å². The van der Waals surface area contributed by atoms with Crippen molar-refractivity contribution in [3.05, 3.63) is 29.8 Å². The van der Waals surface area contributed by atoms with Gasteiger partial charge in [0.15, 0.2) is 0 Å². The van der Waals surface area contributed by atoms with E-state index < -0.39 is 0 Å². The minimum Gasteiger partial charge on any atom is -0.488 e. The van der Waals surface area contributed by atoms with Crippen LogP contribution in [-0.2, 0) is 6.42 Å². The molecule has 98 valence electrons. The highest BCUT2D eigenvalue weighted by atomic mass is 16.5. The molecule has 0 aromatic heterocycles. The van der Waals surface area contributed by atoms with Crippen LogP contribution >= 0.6 is 0 Å². The Morgan fingerprint density at radius 1 is 1.33 bits per heavy atom. The van der Waals surface area contributed by atoms with E-state index in [1.165, 1.54) is 18.4 Å². The third kappa shape index (κ3) is 3.03. The molecule has 18 heavy (non-hydrogen) atoms. The van der Waals surface area contributed by atoms with Gasteiger partial charge >= 0.3 is 0 Å². The van der Waals surface area contributed by atoms with Crippen LogP contribution in [0.5, 0.6) is 5.75 Å². The van der Waals surface area contributed by atoms with E-state index in [2.05, 4.69) is 35.8 Å². The maximum Gasteiger partial charge on any atom is 0.123 e. The first-order chi connectivity index (χ1) is 8.81. The second-order valence-corrected chi connectivity index (χ2v) is 5.54. The molecule has 2 aliphatic rings. The Labute approximate surface area is 109 Å². The van der Waals surface area contributed by atoms with Crippen molar-refractivity contribution in [2.75, 3.05) is 13.1 Å². The number of benzene rings is 1. The number of hydrogen-bond donors (Lipinski definition) is 2. The fourth-order valence-electron chi connectivity index (χ4n) is 2.40. The Hall–Kier alpha value is -1.06. The van der Waals surface area contributed by atoms with Gasteiger partial charge in [0.25, 0.3) is 0 Å². The molecule has 3 nitrogen and oxygen atoms in total. The first-order valence-corrected chi connectivity index (χ1v) is 7.02. The number of nitrogens with one attached hydrogen (secondary N) is 2. The minimum absolute atomic E-state index is 0.297. The number of para-hydroxylation sites is 1. The summed E-state index contributed by atoms with van der Waals surface area (Å²) in [6, 6.07) is 9.65. The van der Waals surface area contributed by atoms with Crippen molar-refractivity contribution in [3.8, 4) is 5.75 Å². The van der Waals surface area contributed by atoms with Gasteiger partial charge in [-0.05, 0) is 31.4 Å². The average molecular weight is 246 g/mol. The minimum atomic E-state index is 0.297. The summed E-state index contributed by atoms with van der Waals surface area (Å²) in [6.07, 6.45) is 4.04. The van der Waals surface area contributed by atoms with Crippen LogP contribution in [0.3, 0.4) is 0 Å². The van der Waals surface area contributed by atoms with Crippen LogP contribution < -0.4 is 15.4 Å². The average Bonchev–Trinajstić information content (AvgIpc) is 3.11. The maximum absolute atomic E-state index is 5.91. The van der Waals surface area contributed by atoms with E-state index in [9.17, 15) is 0 Å². The molecule has 3 heteroatoms. The first-order valence-electron chi connectivity index (χ1n) is 7.02. The van der Waals surface area contributed by atoms with Crippen molar-refractivity contribution in [3.63, 3.8) is 0 Å². The van der Waals surface area contributed by atoms with E-state index in [1.54, 1.807) is 0 Å². The van der Waals surface area contributed by atoms with Gasteiger partial charge in [-0.25, -0.2) is 0 Å². The molecule has 2 N–H and O–H groups in total. The van der Waals surface area contributed by atoms with E-state index in [-0.39, 0.29) is 0 Å². The third-order valence-electron chi connectivity index (χ3n) is 3.70. The van der Waals surface area contributed by atoms with Gasteiger partial charge in [0.05, 0.1) is 0 Å². The molecule has 0 radical (unpaired) electrons. The van der Waals surface area contributed by atoms with Crippen LogP contribution in [0.4, 0.5) is 0 Å². The summed E-state index contributed by atoms with van der Waals surface area (Å²) < 4.78 is 5.91. The van der Waals surface area contributed by atoms with Gasteiger partial charge in [-0.3, -0.25) is 0 Å². The summed E-state index contributed by atoms with van der Waals surface area (Å²) in [7, 11) is 0. The second-order valence-electron chi connectivity index (χ2n) is 5.54. The fourth-order valence-corrected chi connectivity index (χ4v) is 2.40. The zero-order valence-corrected chi connectivity index (χ0v) is 11.0. The van der Waals surface area contributed by atoms with Crippen LogP contribution in [-0.4, -0.2) is 31.3 Å². The molecule has 3 rings (SSSR count). The van der Waals surface area contributed by atoms with Crippen molar-refractivity contribution in [2.24, 2.45) is 0 Å². The molecule has 1 aromatic carbocycles. The van der Waals surface area contributed by atoms with E-state index >= 15 is 0 Å². The lowest BCUT2D eigenvalue weighted by Gasteiger charge is -2.17. The number of fused-ring (bicyclic) bond motifs is 1. The summed E-state index contributed by atoms with van der Waals surface area (Å²) in [5, 5.41) is 7.10. The van der Waals surface area contributed by atoms with Gasteiger partial charge in [-0.2, -0.15) is 0 Å². The summed E-state index contributed by atoms with van der Waals surface area (Å²) in [4.78, 5) is 0. The molecule has 1 aliphatic carbocycles. The number of hydrogen-bond acceptors (Lipinski definition) is 3. The molecule has 2 atom stereocenters. The van der Waals surface area contributed by atoms with Gasteiger partial charge in [-0.1, -0.05) is 18.2 Å². The molecule has 1 fully saturated rings. The molecular weight excluding hydrogens is 224 g/mol. The van der Waals surface area contributed by atoms with Gasteiger partial charge in [0, 0.05) is 31.6 Å². The predicted octanol–water partition coefficient (Wildman–Crippen LogP) is 1.72. The zero-order valence-electron chi connectivity index (χ0n) is 11.0. The topological polar surface area (TPSA) is 33.3 Å². The smallest absolute Gasteiger partial charge is 0.123 e. The molecule has 0 amide bonds. The van der Waals surface area contributed by atoms with Gasteiger partial charge < -0.3 is 15.4 Å². The molecule has 1 aliphatic heterocycles. The zero-order chi connectivity index (χ0) is 12.4. The first kappa shape index (κ1) is 12.0. The molecular formula is C15H22N2O. The number of rotatable bonds is 6. The fraction of sp³-hybridized carbons (Fsp3) is 0.600. The highest BCUT2D eigenvalue weighted by Crippen LogP contribution is 2.27. The van der Waals surface area contributed by atoms with E-state index in [0.29, 0.717) is 12.1 Å². The molecule has 0 spiro atoms. The van der Waals surface area contributed by atoms with Crippen LogP contribution in [0.15, 0.2) is 24.3 Å². The van der Waals surface area contributed by atoms with Crippen LogP contribution in [0.2, 0.25) is 0 Å². The Kier molecular flexibility index (Phi) is 3.52. The lowest BCUT2D eigenvalue weighted by molar-refractivity contribution is 0.222. The predicted molar refractivity (Wildman–Crippen MR) is 73.1 cm³/mol. The van der Waals surface area contributed by atoms with E-state index in [1.807, 2.05) is 6.07 Å². The Morgan fingerprint density at radius 2 is 2.17 bits per heavy atom. The Balaban J connectivity index is 1.39. The highest BCUT2D eigenvalue weighted by molar-refractivity contribution is 5.37. The SMILES string of the molecule is CC(CNC1CC1)NCC1Cc2ccccc2O1. The summed E-state index contributed by atoms with van der Waals surface area (Å²) in [5.41, 5.74) is 1.34. The molecule has 0 bridgehead atoms. The Morgan fingerprint density at radius 3 is 2.94 bits per heavy atom. The van der Waals surface area contributed by atoms with E-state index in [0.717, 1.165) is 31.3 Å². The lowest BCUT2D eigenvalue weighted by Crippen LogP contribution is -2.41. The Bertz CT molecular complexity index is 378. The van der Waals surface area contributed by atoms with Crippen LogP contribution in [0.25, 0.3) is 0 Å². The summed E-state index contributed by atoms with van der Waals surface area (Å²) >= 11 is 0. The van der Waals surface area contributed by atoms with E-state index in [4.69, 9.17) is 4.74 Å². The van der Waals surface area contributed by atoms with Crippen molar-refractivity contribution in [1.82, 2.24) is 10.6 Å². The number of ether oxygens (including phenoxy) is 1. The molecule has 1 heterocycles. The quantitative estimate of drug-likeness (QED) is 0.802. The van der Waals surface area contributed by atoms with Crippen molar-refractivity contribution < 1.29 is 4.74 Å². The maximum atomic E-state index is 5.91. The van der Waals surface area contributed by atoms with Crippen molar-refractivity contribution in [1.29, 1.82) is 0 Å². The largest absolute Gasteiger partial charge is 0.488 e. The summed E-state index contributed by atoms with van der Waals surface area (Å²) in [6.45, 7) is 4.23. The molecule has 0 saturated heterocycles. The summed E-state index contributed by atoms with van der Waals surface area (Å²) in [5.74, 6) is 1.06. The lowest BCUT2D eigenvalue weighted by atomic mass is 10.1. The van der Waals surface area contributed by atoms with Crippen LogP contribution in [0.1, 0.15) is 25.3 Å². The standard InChI is InChI=1S/C15H22N2O/c1-11(9-17-13-6-7-13)16-10-14-8-12-4-2-3-5-15(12)18-14/h2-5,11,13-14,16-17H,6-10H2,1H3. The van der Waals surface area contributed by atoms with Crippen molar-refractivity contribution in [2.45, 2.75) is 44.4 Å². The third-order valence-corrected chi connectivity index (χ3v) is 3.70. The van der Waals surface area contributed by atoms with Gasteiger partial charge in [0.2, 0.25) is 0 Å². The molecule has 1 saturated carbocycles. The monoisotopic (exact) mass is 246 g/mol. The van der Waals surface area contributed by atoms with Crippen LogP contribution in [0, 0.1) is 0 Å². The highest BCUT2D eigenvalue weighted by Gasteiger charge is 2.23. The van der Waals surface area contributed by atoms with Gasteiger partial charge in [0.1, 0.15) is 11.9 Å². The normalized spacial score (nSPS) is 23.5. The van der Waals surface area contributed by atoms with Gasteiger partial charge in [-0.15, -0.1) is 0 Å². The molecule has 2 unspecified atom stereocenters.